The molecular formula is C10H12N6O2. The van der Waals surface area contributed by atoms with Crippen molar-refractivity contribution in [2.24, 2.45) is 7.05 Å². The van der Waals surface area contributed by atoms with E-state index < -0.39 is 4.92 Å². The van der Waals surface area contributed by atoms with E-state index in [0.717, 1.165) is 0 Å². The summed E-state index contributed by atoms with van der Waals surface area (Å²) in [7, 11) is 1.78. The molecule has 0 spiro atoms. The van der Waals surface area contributed by atoms with Gasteiger partial charge >= 0.3 is 0 Å². The summed E-state index contributed by atoms with van der Waals surface area (Å²) in [5.41, 5.74) is 0.689. The van der Waals surface area contributed by atoms with Gasteiger partial charge in [0.25, 0.3) is 5.69 Å². The molecule has 0 aliphatic heterocycles. The lowest BCUT2D eigenvalue weighted by Gasteiger charge is -2.05. The van der Waals surface area contributed by atoms with Crippen molar-refractivity contribution in [1.29, 1.82) is 0 Å². The molecule has 0 atom stereocenters. The van der Waals surface area contributed by atoms with Crippen molar-refractivity contribution < 1.29 is 4.92 Å². The number of hydrogen-bond acceptors (Lipinski definition) is 6. The Morgan fingerprint density at radius 3 is 2.83 bits per heavy atom. The molecule has 1 N–H and O–H groups in total. The second-order valence-corrected chi connectivity index (χ2v) is 3.80. The van der Waals surface area contributed by atoms with E-state index in [9.17, 15) is 10.1 Å². The third-order valence-corrected chi connectivity index (χ3v) is 2.34. The predicted molar refractivity (Wildman–Crippen MR) is 64.0 cm³/mol. The van der Waals surface area contributed by atoms with Gasteiger partial charge in [0.1, 0.15) is 18.3 Å². The van der Waals surface area contributed by atoms with Crippen LogP contribution in [0.15, 0.2) is 18.6 Å². The second-order valence-electron chi connectivity index (χ2n) is 3.80. The topological polar surface area (TPSA) is 98.8 Å². The maximum Gasteiger partial charge on any atom is 0.287 e. The fraction of sp³-hybridized carbons (Fsp3) is 0.300. The Labute approximate surface area is 103 Å². The van der Waals surface area contributed by atoms with Crippen molar-refractivity contribution >= 4 is 11.5 Å². The average molecular weight is 248 g/mol. The molecule has 0 radical (unpaired) electrons. The van der Waals surface area contributed by atoms with Gasteiger partial charge in [0.05, 0.1) is 11.5 Å². The van der Waals surface area contributed by atoms with Crippen molar-refractivity contribution in [3.63, 3.8) is 0 Å². The monoisotopic (exact) mass is 248 g/mol. The summed E-state index contributed by atoms with van der Waals surface area (Å²) >= 11 is 0. The van der Waals surface area contributed by atoms with E-state index in [-0.39, 0.29) is 5.69 Å². The standard InChI is InChI=1S/C10H12N6O2/c1-7-3-8(16(17)18)4-11-10(7)12-5-9-13-6-15(2)14-9/h3-4,6H,5H2,1-2H3,(H,11,12). The summed E-state index contributed by atoms with van der Waals surface area (Å²) in [6.45, 7) is 2.18. The van der Waals surface area contributed by atoms with Gasteiger partial charge in [-0.15, -0.1) is 0 Å². The molecule has 2 aromatic rings. The molecule has 0 aliphatic carbocycles. The fourth-order valence-electron chi connectivity index (χ4n) is 1.47. The van der Waals surface area contributed by atoms with Crippen LogP contribution in [0, 0.1) is 17.0 Å². The first kappa shape index (κ1) is 12.0. The summed E-state index contributed by atoms with van der Waals surface area (Å²) in [4.78, 5) is 18.2. The molecule has 0 saturated carbocycles. The third kappa shape index (κ3) is 2.59. The summed E-state index contributed by atoms with van der Waals surface area (Å²) in [6, 6.07) is 1.47. The normalized spacial score (nSPS) is 10.3. The highest BCUT2D eigenvalue weighted by molar-refractivity contribution is 5.48. The van der Waals surface area contributed by atoms with Gasteiger partial charge in [-0.2, -0.15) is 5.10 Å². The van der Waals surface area contributed by atoms with Gasteiger partial charge in [-0.05, 0) is 12.5 Å². The van der Waals surface area contributed by atoms with E-state index in [2.05, 4.69) is 20.4 Å². The van der Waals surface area contributed by atoms with Gasteiger partial charge in [0.15, 0.2) is 5.82 Å². The quantitative estimate of drug-likeness (QED) is 0.641. The van der Waals surface area contributed by atoms with Crippen LogP contribution in [0.1, 0.15) is 11.4 Å². The maximum atomic E-state index is 10.6. The van der Waals surface area contributed by atoms with Gasteiger partial charge in [-0.1, -0.05) is 0 Å². The molecule has 0 amide bonds. The summed E-state index contributed by atoms with van der Waals surface area (Å²) < 4.78 is 1.60. The van der Waals surface area contributed by atoms with Crippen LogP contribution < -0.4 is 5.32 Å². The molecule has 0 saturated heterocycles. The zero-order valence-electron chi connectivity index (χ0n) is 9.99. The molecule has 0 aliphatic rings. The lowest BCUT2D eigenvalue weighted by atomic mass is 10.2. The summed E-state index contributed by atoms with van der Waals surface area (Å²) in [5, 5.41) is 17.7. The van der Waals surface area contributed by atoms with Crippen LogP contribution in [0.2, 0.25) is 0 Å². The lowest BCUT2D eigenvalue weighted by Crippen LogP contribution is -2.05. The first-order valence-electron chi connectivity index (χ1n) is 5.25. The number of pyridine rings is 1. The average Bonchev–Trinajstić information content (AvgIpc) is 2.73. The molecule has 18 heavy (non-hydrogen) atoms. The molecule has 8 nitrogen and oxygen atoms in total. The van der Waals surface area contributed by atoms with Gasteiger partial charge < -0.3 is 5.32 Å². The number of nitro groups is 1. The predicted octanol–water partition coefficient (Wildman–Crippen LogP) is 1.04. The highest BCUT2D eigenvalue weighted by atomic mass is 16.6. The number of anilines is 1. The van der Waals surface area contributed by atoms with E-state index in [1.807, 2.05) is 0 Å². The highest BCUT2D eigenvalue weighted by Crippen LogP contribution is 2.18. The first-order valence-corrected chi connectivity index (χ1v) is 5.25. The zero-order valence-corrected chi connectivity index (χ0v) is 9.99. The van der Waals surface area contributed by atoms with E-state index in [4.69, 9.17) is 0 Å². The van der Waals surface area contributed by atoms with Gasteiger partial charge in [-0.3, -0.25) is 14.8 Å². The molecule has 2 rings (SSSR count). The lowest BCUT2D eigenvalue weighted by molar-refractivity contribution is -0.385. The van der Waals surface area contributed by atoms with Gasteiger partial charge in [0.2, 0.25) is 0 Å². The number of aryl methyl sites for hydroxylation is 2. The van der Waals surface area contributed by atoms with Crippen molar-refractivity contribution in [3.05, 3.63) is 40.1 Å². The van der Waals surface area contributed by atoms with Crippen LogP contribution in [0.4, 0.5) is 11.5 Å². The Morgan fingerprint density at radius 1 is 1.50 bits per heavy atom. The molecular weight excluding hydrogens is 236 g/mol. The maximum absolute atomic E-state index is 10.6. The highest BCUT2D eigenvalue weighted by Gasteiger charge is 2.09. The summed E-state index contributed by atoms with van der Waals surface area (Å²) in [5.74, 6) is 1.23. The molecule has 0 bridgehead atoms. The first-order chi connectivity index (χ1) is 8.56. The minimum absolute atomic E-state index is 0.0194. The molecule has 0 aromatic carbocycles. The number of rotatable bonds is 4. The van der Waals surface area contributed by atoms with Crippen molar-refractivity contribution in [1.82, 2.24) is 19.7 Å². The Bertz CT molecular complexity index is 579. The Balaban J connectivity index is 2.08. The number of nitrogens with zero attached hydrogens (tertiary/aromatic N) is 5. The summed E-state index contributed by atoms with van der Waals surface area (Å²) in [6.07, 6.45) is 2.83. The largest absolute Gasteiger partial charge is 0.362 e. The molecule has 0 unspecified atom stereocenters. The van der Waals surface area contributed by atoms with Crippen LogP contribution in [0.3, 0.4) is 0 Å². The van der Waals surface area contributed by atoms with Crippen LogP contribution >= 0.6 is 0 Å². The fourth-order valence-corrected chi connectivity index (χ4v) is 1.47. The van der Waals surface area contributed by atoms with Gasteiger partial charge in [-0.25, -0.2) is 9.97 Å². The SMILES string of the molecule is Cc1cc([N+](=O)[O-])cnc1NCc1ncn(C)n1. The number of nitrogens with one attached hydrogen (secondary N) is 1. The van der Waals surface area contributed by atoms with E-state index in [1.165, 1.54) is 12.3 Å². The van der Waals surface area contributed by atoms with Crippen LogP contribution in [0.25, 0.3) is 0 Å². The van der Waals surface area contributed by atoms with Crippen LogP contribution in [-0.2, 0) is 13.6 Å². The van der Waals surface area contributed by atoms with Crippen molar-refractivity contribution in [2.75, 3.05) is 5.32 Å². The third-order valence-electron chi connectivity index (χ3n) is 2.34. The molecule has 94 valence electrons. The van der Waals surface area contributed by atoms with Gasteiger partial charge in [0, 0.05) is 13.1 Å². The number of hydrogen-bond donors (Lipinski definition) is 1. The van der Waals surface area contributed by atoms with E-state index in [0.29, 0.717) is 23.8 Å². The molecule has 0 fully saturated rings. The second kappa shape index (κ2) is 4.78. The van der Waals surface area contributed by atoms with Crippen molar-refractivity contribution in [3.8, 4) is 0 Å². The van der Waals surface area contributed by atoms with Crippen LogP contribution in [-0.4, -0.2) is 24.7 Å². The van der Waals surface area contributed by atoms with E-state index >= 15 is 0 Å². The Kier molecular flexibility index (Phi) is 3.18. The molecule has 2 heterocycles. The smallest absolute Gasteiger partial charge is 0.287 e. The molecule has 8 heteroatoms. The van der Waals surface area contributed by atoms with Crippen molar-refractivity contribution in [2.45, 2.75) is 13.5 Å². The Morgan fingerprint density at radius 2 is 2.28 bits per heavy atom. The minimum Gasteiger partial charge on any atom is -0.362 e. The molecule has 2 aromatic heterocycles. The van der Waals surface area contributed by atoms with Crippen LogP contribution in [0.5, 0.6) is 0 Å². The minimum atomic E-state index is -0.468. The van der Waals surface area contributed by atoms with E-state index in [1.54, 1.807) is 25.0 Å². The Hall–Kier alpha value is -2.51. The number of aromatic nitrogens is 4. The zero-order chi connectivity index (χ0) is 13.1.